The Morgan fingerprint density at radius 2 is 1.23 bits per heavy atom. The molecule has 22 heavy (non-hydrogen) atoms. The Labute approximate surface area is 129 Å². The molecule has 0 aromatic heterocycles. The molecule has 0 saturated heterocycles. The molecular weight excluding hydrogens is 282 g/mol. The van der Waals surface area contributed by atoms with Gasteiger partial charge in [0.05, 0.1) is 5.60 Å². The van der Waals surface area contributed by atoms with Crippen molar-refractivity contribution in [2.45, 2.75) is 38.2 Å². The second-order valence-corrected chi connectivity index (χ2v) is 6.70. The second-order valence-electron chi connectivity index (χ2n) is 6.70. The van der Waals surface area contributed by atoms with Gasteiger partial charge in [-0.1, -0.05) is 31.2 Å². The molecule has 2 aromatic rings. The molecule has 2 aromatic carbocycles. The Balaban J connectivity index is 1.85. The molecule has 1 aliphatic rings. The van der Waals surface area contributed by atoms with Crippen LogP contribution >= 0.6 is 0 Å². The zero-order valence-corrected chi connectivity index (χ0v) is 12.7. The molecule has 1 nitrogen and oxygen atoms in total. The van der Waals surface area contributed by atoms with E-state index in [0.717, 1.165) is 24.0 Å². The highest BCUT2D eigenvalue weighted by atomic mass is 19.1. The van der Waals surface area contributed by atoms with Crippen LogP contribution in [-0.2, 0) is 12.8 Å². The zero-order chi connectivity index (χ0) is 15.8. The topological polar surface area (TPSA) is 20.2 Å². The van der Waals surface area contributed by atoms with E-state index < -0.39 is 5.60 Å². The Bertz CT molecular complexity index is 595. The zero-order valence-electron chi connectivity index (χ0n) is 12.7. The van der Waals surface area contributed by atoms with Crippen molar-refractivity contribution in [2.24, 2.45) is 5.41 Å². The van der Waals surface area contributed by atoms with Gasteiger partial charge in [0.15, 0.2) is 0 Å². The quantitative estimate of drug-likeness (QED) is 0.874. The van der Waals surface area contributed by atoms with Crippen LogP contribution in [0.5, 0.6) is 0 Å². The van der Waals surface area contributed by atoms with E-state index in [-0.39, 0.29) is 17.0 Å². The highest BCUT2D eigenvalue weighted by Crippen LogP contribution is 2.55. The first-order valence-corrected chi connectivity index (χ1v) is 7.62. The van der Waals surface area contributed by atoms with E-state index in [1.807, 2.05) is 0 Å². The van der Waals surface area contributed by atoms with Crippen molar-refractivity contribution in [3.63, 3.8) is 0 Å². The van der Waals surface area contributed by atoms with Crippen LogP contribution < -0.4 is 0 Å². The normalized spacial score (nSPS) is 16.5. The molecule has 1 saturated carbocycles. The molecular formula is C19H20F2O. The van der Waals surface area contributed by atoms with E-state index in [9.17, 15) is 13.9 Å². The van der Waals surface area contributed by atoms with Crippen molar-refractivity contribution in [1.82, 2.24) is 0 Å². The SMILES string of the molecule is CC1(C(O)(Cc2ccc(F)cc2)Cc2ccc(F)cc2)CC1. The van der Waals surface area contributed by atoms with Crippen LogP contribution in [0.15, 0.2) is 48.5 Å². The third-order valence-electron chi connectivity index (χ3n) is 4.94. The summed E-state index contributed by atoms with van der Waals surface area (Å²) in [6, 6.07) is 12.6. The maximum absolute atomic E-state index is 13.1. The van der Waals surface area contributed by atoms with E-state index in [1.165, 1.54) is 24.3 Å². The number of aliphatic hydroxyl groups is 1. The highest BCUT2D eigenvalue weighted by molar-refractivity contribution is 5.25. The molecule has 1 N–H and O–H groups in total. The maximum Gasteiger partial charge on any atom is 0.123 e. The average Bonchev–Trinajstić information content (AvgIpc) is 3.24. The minimum Gasteiger partial charge on any atom is -0.389 e. The van der Waals surface area contributed by atoms with Crippen LogP contribution in [0.25, 0.3) is 0 Å². The lowest BCUT2D eigenvalue weighted by Crippen LogP contribution is -2.42. The van der Waals surface area contributed by atoms with Gasteiger partial charge in [-0.2, -0.15) is 0 Å². The average molecular weight is 302 g/mol. The molecule has 0 atom stereocenters. The fourth-order valence-electron chi connectivity index (χ4n) is 3.02. The summed E-state index contributed by atoms with van der Waals surface area (Å²) in [5, 5.41) is 11.3. The molecule has 0 heterocycles. The molecule has 0 bridgehead atoms. The van der Waals surface area contributed by atoms with Gasteiger partial charge in [-0.25, -0.2) is 8.78 Å². The fraction of sp³-hybridized carbons (Fsp3) is 0.368. The van der Waals surface area contributed by atoms with Crippen molar-refractivity contribution in [2.75, 3.05) is 0 Å². The third kappa shape index (κ3) is 3.05. The summed E-state index contributed by atoms with van der Waals surface area (Å²) >= 11 is 0. The van der Waals surface area contributed by atoms with E-state index in [2.05, 4.69) is 6.92 Å². The smallest absolute Gasteiger partial charge is 0.123 e. The summed E-state index contributed by atoms with van der Waals surface area (Å²) in [5.74, 6) is -0.549. The Morgan fingerprint density at radius 3 is 1.55 bits per heavy atom. The molecule has 0 aliphatic heterocycles. The van der Waals surface area contributed by atoms with Gasteiger partial charge in [-0.3, -0.25) is 0 Å². The number of benzene rings is 2. The van der Waals surface area contributed by atoms with Crippen molar-refractivity contribution in [3.8, 4) is 0 Å². The standard InChI is InChI=1S/C19H20F2O/c1-18(10-11-18)19(22,12-14-2-6-16(20)7-3-14)13-15-4-8-17(21)9-5-15/h2-9,22H,10-13H2,1H3. The van der Waals surface area contributed by atoms with Crippen LogP contribution in [0.4, 0.5) is 8.78 Å². The molecule has 0 unspecified atom stereocenters. The van der Waals surface area contributed by atoms with Gasteiger partial charge in [0, 0.05) is 12.8 Å². The van der Waals surface area contributed by atoms with Gasteiger partial charge in [-0.15, -0.1) is 0 Å². The molecule has 116 valence electrons. The molecule has 0 spiro atoms. The van der Waals surface area contributed by atoms with E-state index in [0.29, 0.717) is 12.8 Å². The Hall–Kier alpha value is -1.74. The van der Waals surface area contributed by atoms with Crippen LogP contribution in [0.3, 0.4) is 0 Å². The predicted octanol–water partition coefficient (Wildman–Crippen LogP) is 4.28. The summed E-state index contributed by atoms with van der Waals surface area (Å²) in [6.07, 6.45) is 2.90. The van der Waals surface area contributed by atoms with Gasteiger partial charge in [0.25, 0.3) is 0 Å². The van der Waals surface area contributed by atoms with Gasteiger partial charge in [0.1, 0.15) is 11.6 Å². The lowest BCUT2D eigenvalue weighted by atomic mass is 9.76. The fourth-order valence-corrected chi connectivity index (χ4v) is 3.02. The first kappa shape index (κ1) is 15.2. The number of hydrogen-bond donors (Lipinski definition) is 1. The van der Waals surface area contributed by atoms with Crippen molar-refractivity contribution >= 4 is 0 Å². The predicted molar refractivity (Wildman–Crippen MR) is 82.5 cm³/mol. The number of rotatable bonds is 5. The van der Waals surface area contributed by atoms with Gasteiger partial charge < -0.3 is 5.11 Å². The van der Waals surface area contributed by atoms with E-state index in [1.54, 1.807) is 24.3 Å². The number of hydrogen-bond acceptors (Lipinski definition) is 1. The lowest BCUT2D eigenvalue weighted by Gasteiger charge is -2.35. The summed E-state index contributed by atoms with van der Waals surface area (Å²) < 4.78 is 26.1. The molecule has 3 rings (SSSR count). The Morgan fingerprint density at radius 1 is 0.864 bits per heavy atom. The van der Waals surface area contributed by atoms with Gasteiger partial charge in [-0.05, 0) is 53.6 Å². The van der Waals surface area contributed by atoms with Crippen molar-refractivity contribution < 1.29 is 13.9 Å². The first-order valence-electron chi connectivity index (χ1n) is 7.62. The van der Waals surface area contributed by atoms with Crippen LogP contribution in [-0.4, -0.2) is 10.7 Å². The van der Waals surface area contributed by atoms with Gasteiger partial charge >= 0.3 is 0 Å². The van der Waals surface area contributed by atoms with E-state index >= 15 is 0 Å². The monoisotopic (exact) mass is 302 g/mol. The summed E-state index contributed by atoms with van der Waals surface area (Å²) in [5.41, 5.74) is 0.802. The van der Waals surface area contributed by atoms with Crippen LogP contribution in [0.1, 0.15) is 30.9 Å². The molecule has 1 fully saturated rings. The number of halogens is 2. The summed E-state index contributed by atoms with van der Waals surface area (Å²) in [6.45, 7) is 2.08. The minimum absolute atomic E-state index is 0.129. The first-order chi connectivity index (χ1) is 10.4. The van der Waals surface area contributed by atoms with Crippen LogP contribution in [0.2, 0.25) is 0 Å². The van der Waals surface area contributed by atoms with Crippen LogP contribution in [0, 0.1) is 17.0 Å². The molecule has 0 amide bonds. The van der Waals surface area contributed by atoms with Crippen molar-refractivity contribution in [3.05, 3.63) is 71.3 Å². The third-order valence-corrected chi connectivity index (χ3v) is 4.94. The molecule has 0 radical (unpaired) electrons. The lowest BCUT2D eigenvalue weighted by molar-refractivity contribution is -0.0248. The largest absolute Gasteiger partial charge is 0.389 e. The second kappa shape index (κ2) is 5.47. The Kier molecular flexibility index (Phi) is 3.77. The minimum atomic E-state index is -0.900. The highest BCUT2D eigenvalue weighted by Gasteiger charge is 2.54. The summed E-state index contributed by atoms with van der Waals surface area (Å²) in [4.78, 5) is 0. The summed E-state index contributed by atoms with van der Waals surface area (Å²) in [7, 11) is 0. The van der Waals surface area contributed by atoms with Crippen molar-refractivity contribution in [1.29, 1.82) is 0 Å². The van der Waals surface area contributed by atoms with E-state index in [4.69, 9.17) is 0 Å². The molecule has 3 heteroatoms. The molecule has 1 aliphatic carbocycles. The maximum atomic E-state index is 13.1. The van der Waals surface area contributed by atoms with Gasteiger partial charge in [0.2, 0.25) is 0 Å².